The van der Waals surface area contributed by atoms with E-state index < -0.39 is 0 Å². The fourth-order valence-electron chi connectivity index (χ4n) is 4.84. The lowest BCUT2D eigenvalue weighted by atomic mass is 9.64. The van der Waals surface area contributed by atoms with Gasteiger partial charge in [-0.15, -0.1) is 0 Å². The van der Waals surface area contributed by atoms with E-state index in [1.807, 2.05) is 36.3 Å². The minimum Gasteiger partial charge on any atom is -0.357 e. The molecule has 0 saturated carbocycles. The molecule has 0 radical (unpaired) electrons. The van der Waals surface area contributed by atoms with Crippen LogP contribution in [0.25, 0.3) is 11.3 Å². The van der Waals surface area contributed by atoms with Gasteiger partial charge in [0.25, 0.3) is 0 Å². The van der Waals surface area contributed by atoms with Gasteiger partial charge in [0.15, 0.2) is 0 Å². The van der Waals surface area contributed by atoms with Crippen LogP contribution in [0.3, 0.4) is 0 Å². The van der Waals surface area contributed by atoms with Crippen molar-refractivity contribution in [3.63, 3.8) is 0 Å². The zero-order chi connectivity index (χ0) is 21.4. The Hall–Kier alpha value is -3.12. The van der Waals surface area contributed by atoms with Gasteiger partial charge in [-0.2, -0.15) is 0 Å². The van der Waals surface area contributed by atoms with Crippen LogP contribution in [-0.4, -0.2) is 41.0 Å². The summed E-state index contributed by atoms with van der Waals surface area (Å²) >= 11 is 6.20. The van der Waals surface area contributed by atoms with Gasteiger partial charge in [-0.1, -0.05) is 48.0 Å². The third kappa shape index (κ3) is 3.51. The lowest BCUT2D eigenvalue weighted by Gasteiger charge is -2.45. The minimum atomic E-state index is -0.102. The van der Waals surface area contributed by atoms with Crippen LogP contribution in [-0.2, 0) is 11.8 Å². The second kappa shape index (κ2) is 7.85. The largest absolute Gasteiger partial charge is 0.357 e. The van der Waals surface area contributed by atoms with Crippen LogP contribution in [0.5, 0.6) is 0 Å². The SMILES string of the molecule is CNc1ncc2c(n1)-c1ccccc1C1(CCN(C(=O)Nc3ccccc3Cl)CC1)C2. The van der Waals surface area contributed by atoms with E-state index in [1.54, 1.807) is 6.07 Å². The number of anilines is 2. The highest BCUT2D eigenvalue weighted by Crippen LogP contribution is 2.47. The van der Waals surface area contributed by atoms with Crippen LogP contribution < -0.4 is 10.6 Å². The summed E-state index contributed by atoms with van der Waals surface area (Å²) in [6.45, 7) is 1.38. The van der Waals surface area contributed by atoms with Crippen LogP contribution in [0.4, 0.5) is 16.4 Å². The highest BCUT2D eigenvalue weighted by atomic mass is 35.5. The highest BCUT2D eigenvalue weighted by molar-refractivity contribution is 6.33. The van der Waals surface area contributed by atoms with E-state index in [0.717, 1.165) is 25.0 Å². The molecule has 6 nitrogen and oxygen atoms in total. The van der Waals surface area contributed by atoms with Gasteiger partial charge in [-0.3, -0.25) is 0 Å². The summed E-state index contributed by atoms with van der Waals surface area (Å²) < 4.78 is 0. The summed E-state index contributed by atoms with van der Waals surface area (Å²) in [4.78, 5) is 23.9. The third-order valence-electron chi connectivity index (χ3n) is 6.49. The van der Waals surface area contributed by atoms with E-state index in [4.69, 9.17) is 16.6 Å². The number of likely N-dealkylation sites (tertiary alicyclic amines) is 1. The number of amides is 2. The molecule has 0 atom stereocenters. The number of urea groups is 1. The number of piperidine rings is 1. The Kier molecular flexibility index (Phi) is 5.02. The number of hydrogen-bond acceptors (Lipinski definition) is 4. The highest BCUT2D eigenvalue weighted by Gasteiger charge is 2.42. The minimum absolute atomic E-state index is 0.00468. The molecule has 1 fully saturated rings. The summed E-state index contributed by atoms with van der Waals surface area (Å²) in [7, 11) is 1.83. The Morgan fingerprint density at radius 2 is 1.84 bits per heavy atom. The molecular weight excluding hydrogens is 410 g/mol. The topological polar surface area (TPSA) is 70.2 Å². The van der Waals surface area contributed by atoms with E-state index in [1.165, 1.54) is 16.7 Å². The first-order chi connectivity index (χ1) is 15.1. The van der Waals surface area contributed by atoms with Gasteiger partial charge in [0.05, 0.1) is 16.4 Å². The maximum absolute atomic E-state index is 12.8. The average Bonchev–Trinajstić information content (AvgIpc) is 2.81. The summed E-state index contributed by atoms with van der Waals surface area (Å²) in [6, 6.07) is 15.7. The third-order valence-corrected chi connectivity index (χ3v) is 6.82. The number of carbonyl (C=O) groups is 1. The molecule has 31 heavy (non-hydrogen) atoms. The van der Waals surface area contributed by atoms with Crippen molar-refractivity contribution in [2.45, 2.75) is 24.7 Å². The van der Waals surface area contributed by atoms with E-state index in [2.05, 4.69) is 39.9 Å². The predicted molar refractivity (Wildman–Crippen MR) is 124 cm³/mol. The Morgan fingerprint density at radius 3 is 2.61 bits per heavy atom. The van der Waals surface area contributed by atoms with Crippen LogP contribution in [0, 0.1) is 0 Å². The molecule has 1 spiro atoms. The lowest BCUT2D eigenvalue weighted by molar-refractivity contribution is 0.166. The van der Waals surface area contributed by atoms with Crippen molar-refractivity contribution in [1.29, 1.82) is 0 Å². The summed E-state index contributed by atoms with van der Waals surface area (Å²) in [5.74, 6) is 0.635. The first-order valence-corrected chi connectivity index (χ1v) is 10.9. The number of aromatic nitrogens is 2. The average molecular weight is 434 g/mol. The second-order valence-corrected chi connectivity index (χ2v) is 8.62. The summed E-state index contributed by atoms with van der Waals surface area (Å²) in [6.07, 6.45) is 4.63. The lowest BCUT2D eigenvalue weighted by Crippen LogP contribution is -2.48. The van der Waals surface area contributed by atoms with Crippen LogP contribution >= 0.6 is 11.6 Å². The molecule has 158 valence electrons. The molecule has 3 aromatic rings. The zero-order valence-electron chi connectivity index (χ0n) is 17.4. The van der Waals surface area contributed by atoms with Crippen molar-refractivity contribution >= 4 is 29.3 Å². The van der Waals surface area contributed by atoms with E-state index in [-0.39, 0.29) is 11.4 Å². The number of hydrogen-bond donors (Lipinski definition) is 2. The van der Waals surface area contributed by atoms with Gasteiger partial charge in [0, 0.05) is 37.3 Å². The molecule has 1 aliphatic heterocycles. The number of nitrogens with zero attached hydrogens (tertiary/aromatic N) is 3. The van der Waals surface area contributed by atoms with Crippen LogP contribution in [0.2, 0.25) is 5.02 Å². The quantitative estimate of drug-likeness (QED) is 0.599. The standard InChI is InChI=1S/C24H24ClN5O/c1-26-22-27-15-16-14-24(18-7-3-2-6-17(18)21(16)29-22)10-12-30(13-11-24)23(31)28-20-9-5-4-8-19(20)25/h2-9,15H,10-14H2,1H3,(H,28,31)(H,26,27,29). The first-order valence-electron chi connectivity index (χ1n) is 10.5. The summed E-state index contributed by atoms with van der Waals surface area (Å²) in [5, 5.41) is 6.53. The van der Waals surface area contributed by atoms with Crippen molar-refractivity contribution in [2.75, 3.05) is 30.8 Å². The monoisotopic (exact) mass is 433 g/mol. The van der Waals surface area contributed by atoms with Crippen molar-refractivity contribution in [3.8, 4) is 11.3 Å². The molecule has 2 aliphatic rings. The van der Waals surface area contributed by atoms with Crippen molar-refractivity contribution in [3.05, 3.63) is 70.9 Å². The normalized spacial score (nSPS) is 16.4. The molecule has 7 heteroatoms. The molecule has 2 amide bonds. The van der Waals surface area contributed by atoms with Gasteiger partial charge in [-0.25, -0.2) is 14.8 Å². The maximum atomic E-state index is 12.8. The van der Waals surface area contributed by atoms with Crippen molar-refractivity contribution in [1.82, 2.24) is 14.9 Å². The number of rotatable bonds is 2. The molecule has 2 aromatic carbocycles. The fraction of sp³-hybridized carbons (Fsp3) is 0.292. The van der Waals surface area contributed by atoms with Crippen LogP contribution in [0.15, 0.2) is 54.7 Å². The Bertz CT molecular complexity index is 1140. The first kappa shape index (κ1) is 19.8. The molecule has 5 rings (SSSR count). The molecular formula is C24H24ClN5O. The van der Waals surface area contributed by atoms with Gasteiger partial charge in [0.1, 0.15) is 0 Å². The second-order valence-electron chi connectivity index (χ2n) is 8.22. The maximum Gasteiger partial charge on any atom is 0.321 e. The van der Waals surface area contributed by atoms with E-state index in [0.29, 0.717) is 29.7 Å². The number of benzene rings is 2. The number of nitrogens with one attached hydrogen (secondary N) is 2. The molecule has 1 saturated heterocycles. The van der Waals surface area contributed by atoms with Gasteiger partial charge in [-0.05, 0) is 42.5 Å². The zero-order valence-corrected chi connectivity index (χ0v) is 18.1. The molecule has 0 bridgehead atoms. The number of carbonyl (C=O) groups excluding carboxylic acids is 1. The van der Waals surface area contributed by atoms with Gasteiger partial charge >= 0.3 is 6.03 Å². The van der Waals surface area contributed by atoms with E-state index >= 15 is 0 Å². The Morgan fingerprint density at radius 1 is 1.10 bits per heavy atom. The van der Waals surface area contributed by atoms with Crippen molar-refractivity contribution in [2.24, 2.45) is 0 Å². The molecule has 1 aliphatic carbocycles. The molecule has 1 aromatic heterocycles. The molecule has 2 heterocycles. The van der Waals surface area contributed by atoms with Crippen molar-refractivity contribution < 1.29 is 4.79 Å². The number of para-hydroxylation sites is 1. The molecule has 2 N–H and O–H groups in total. The number of halogens is 1. The molecule has 0 unspecified atom stereocenters. The van der Waals surface area contributed by atoms with Crippen LogP contribution in [0.1, 0.15) is 24.0 Å². The Labute approximate surface area is 186 Å². The van der Waals surface area contributed by atoms with Gasteiger partial charge < -0.3 is 15.5 Å². The predicted octanol–water partition coefficient (Wildman–Crippen LogP) is 4.96. The number of fused-ring (bicyclic) bond motifs is 4. The smallest absolute Gasteiger partial charge is 0.321 e. The van der Waals surface area contributed by atoms with Gasteiger partial charge in [0.2, 0.25) is 5.95 Å². The fourth-order valence-corrected chi connectivity index (χ4v) is 5.03. The summed E-state index contributed by atoms with van der Waals surface area (Å²) in [5.41, 5.74) is 5.33. The van der Waals surface area contributed by atoms with E-state index in [9.17, 15) is 4.79 Å². The Balaban J connectivity index is 1.38.